The number of aromatic nitrogens is 1. The number of allylic oxidation sites excluding steroid dienone is 1. The fraction of sp³-hybridized carbons (Fsp3) is 0.320. The Balaban J connectivity index is 1.56. The van der Waals surface area contributed by atoms with E-state index in [9.17, 15) is 9.18 Å². The van der Waals surface area contributed by atoms with Crippen molar-refractivity contribution in [3.8, 4) is 5.69 Å². The second kappa shape index (κ2) is 8.75. The second-order valence-electron chi connectivity index (χ2n) is 7.84. The first-order valence-electron chi connectivity index (χ1n) is 10.3. The number of carbonyl (C=O) groups is 1. The first-order chi connectivity index (χ1) is 14.1. The van der Waals surface area contributed by atoms with E-state index < -0.39 is 6.17 Å². The van der Waals surface area contributed by atoms with Crippen LogP contribution in [0.5, 0.6) is 0 Å². The maximum atomic E-state index is 13.4. The average Bonchev–Trinajstić information content (AvgIpc) is 3.11. The van der Waals surface area contributed by atoms with Gasteiger partial charge in [0.05, 0.1) is 5.52 Å². The standard InChI is InChI=1S/C25H27FN2O/c1-19(29)6-7-20-8-10-23(11-9-20)28-18-21(24-4-2-3-5-25(24)28)12-15-27-16-13-22(26)14-17-27/h2-11,18,22H,12-17H2,1H3. The van der Waals surface area contributed by atoms with Crippen LogP contribution in [0.2, 0.25) is 0 Å². The van der Waals surface area contributed by atoms with Crippen molar-refractivity contribution in [1.29, 1.82) is 0 Å². The number of halogens is 1. The Labute approximate surface area is 171 Å². The minimum absolute atomic E-state index is 0.0471. The number of ketones is 1. The Hall–Kier alpha value is -2.72. The van der Waals surface area contributed by atoms with Crippen LogP contribution < -0.4 is 0 Å². The Morgan fingerprint density at radius 3 is 2.55 bits per heavy atom. The van der Waals surface area contributed by atoms with E-state index in [4.69, 9.17) is 0 Å². The largest absolute Gasteiger partial charge is 0.316 e. The zero-order chi connectivity index (χ0) is 20.2. The van der Waals surface area contributed by atoms with Gasteiger partial charge in [-0.15, -0.1) is 0 Å². The monoisotopic (exact) mass is 390 g/mol. The molecule has 0 bridgehead atoms. The van der Waals surface area contributed by atoms with Crippen molar-refractivity contribution in [2.24, 2.45) is 0 Å². The number of hydrogen-bond acceptors (Lipinski definition) is 2. The summed E-state index contributed by atoms with van der Waals surface area (Å²) in [4.78, 5) is 13.5. The number of benzene rings is 2. The first-order valence-corrected chi connectivity index (χ1v) is 10.3. The Bertz CT molecular complexity index is 1010. The molecular formula is C25H27FN2O. The van der Waals surface area contributed by atoms with Crippen molar-refractivity contribution in [2.45, 2.75) is 32.4 Å². The first kappa shape index (κ1) is 19.6. The molecule has 2 heterocycles. The molecule has 0 aliphatic carbocycles. The summed E-state index contributed by atoms with van der Waals surface area (Å²) in [6.45, 7) is 4.23. The Kier molecular flexibility index (Phi) is 5.91. The SMILES string of the molecule is CC(=O)C=Cc1ccc(-n2cc(CCN3CCC(F)CC3)c3ccccc32)cc1. The molecule has 1 aliphatic rings. The van der Waals surface area contributed by atoms with Gasteiger partial charge in [0.15, 0.2) is 5.78 Å². The number of hydrogen-bond donors (Lipinski definition) is 0. The van der Waals surface area contributed by atoms with Crippen molar-refractivity contribution < 1.29 is 9.18 Å². The maximum absolute atomic E-state index is 13.4. The molecule has 4 rings (SSSR count). The predicted octanol–water partition coefficient (Wildman–Crippen LogP) is 5.21. The Morgan fingerprint density at radius 1 is 1.10 bits per heavy atom. The molecule has 1 saturated heterocycles. The van der Waals surface area contributed by atoms with Crippen LogP contribution in [0.1, 0.15) is 30.9 Å². The third-order valence-electron chi connectivity index (χ3n) is 5.69. The number of alkyl halides is 1. The fourth-order valence-electron chi connectivity index (χ4n) is 4.03. The minimum Gasteiger partial charge on any atom is -0.316 e. The van der Waals surface area contributed by atoms with E-state index in [-0.39, 0.29) is 5.78 Å². The van der Waals surface area contributed by atoms with Crippen LogP contribution in [0.15, 0.2) is 60.8 Å². The summed E-state index contributed by atoms with van der Waals surface area (Å²) in [5, 5.41) is 1.27. The maximum Gasteiger partial charge on any atom is 0.152 e. The van der Waals surface area contributed by atoms with Gasteiger partial charge in [-0.1, -0.05) is 36.4 Å². The number of carbonyl (C=O) groups excluding carboxylic acids is 1. The molecule has 1 aliphatic heterocycles. The number of piperidine rings is 1. The lowest BCUT2D eigenvalue weighted by molar-refractivity contribution is -0.112. The van der Waals surface area contributed by atoms with Gasteiger partial charge in [0.25, 0.3) is 0 Å². The topological polar surface area (TPSA) is 25.2 Å². The lowest BCUT2D eigenvalue weighted by atomic mass is 10.1. The summed E-state index contributed by atoms with van der Waals surface area (Å²) in [5.74, 6) is 0.0471. The van der Waals surface area contributed by atoms with Crippen molar-refractivity contribution >= 4 is 22.8 Å². The highest BCUT2D eigenvalue weighted by Gasteiger charge is 2.18. The smallest absolute Gasteiger partial charge is 0.152 e. The van der Waals surface area contributed by atoms with Crippen LogP contribution in [-0.2, 0) is 11.2 Å². The molecule has 0 spiro atoms. The molecule has 2 aromatic carbocycles. The summed E-state index contributed by atoms with van der Waals surface area (Å²) in [6, 6.07) is 16.7. The highest BCUT2D eigenvalue weighted by Crippen LogP contribution is 2.26. The highest BCUT2D eigenvalue weighted by molar-refractivity contribution is 5.91. The average molecular weight is 391 g/mol. The zero-order valence-electron chi connectivity index (χ0n) is 16.9. The number of para-hydroxylation sites is 1. The van der Waals surface area contributed by atoms with Crippen molar-refractivity contribution in [2.75, 3.05) is 19.6 Å². The molecule has 1 fully saturated rings. The zero-order valence-corrected chi connectivity index (χ0v) is 16.9. The van der Waals surface area contributed by atoms with Crippen LogP contribution in [0.4, 0.5) is 4.39 Å². The number of nitrogens with zero attached hydrogens (tertiary/aromatic N) is 2. The third kappa shape index (κ3) is 4.65. The Morgan fingerprint density at radius 2 is 1.83 bits per heavy atom. The molecule has 3 nitrogen and oxygen atoms in total. The van der Waals surface area contributed by atoms with Gasteiger partial charge < -0.3 is 9.47 Å². The lowest BCUT2D eigenvalue weighted by Crippen LogP contribution is -2.35. The molecule has 0 amide bonds. The van der Waals surface area contributed by atoms with Gasteiger partial charge in [-0.3, -0.25) is 4.79 Å². The number of rotatable bonds is 6. The minimum atomic E-state index is -0.624. The molecule has 4 heteroatoms. The summed E-state index contributed by atoms with van der Waals surface area (Å²) in [5.41, 5.74) is 4.63. The normalized spacial score (nSPS) is 16.1. The van der Waals surface area contributed by atoms with E-state index in [2.05, 4.69) is 52.1 Å². The van der Waals surface area contributed by atoms with E-state index in [1.165, 1.54) is 16.5 Å². The van der Waals surface area contributed by atoms with Crippen LogP contribution >= 0.6 is 0 Å². The van der Waals surface area contributed by atoms with Gasteiger partial charge in [-0.25, -0.2) is 4.39 Å². The predicted molar refractivity (Wildman–Crippen MR) is 117 cm³/mol. The molecule has 29 heavy (non-hydrogen) atoms. The summed E-state index contributed by atoms with van der Waals surface area (Å²) in [7, 11) is 0. The molecule has 0 saturated carbocycles. The molecular weight excluding hydrogens is 363 g/mol. The van der Waals surface area contributed by atoms with E-state index in [0.717, 1.165) is 37.3 Å². The van der Waals surface area contributed by atoms with Crippen LogP contribution in [0.25, 0.3) is 22.7 Å². The van der Waals surface area contributed by atoms with Gasteiger partial charge in [-0.2, -0.15) is 0 Å². The van der Waals surface area contributed by atoms with Crippen molar-refractivity contribution in [3.05, 3.63) is 71.9 Å². The van der Waals surface area contributed by atoms with Gasteiger partial charge in [0.1, 0.15) is 6.17 Å². The summed E-state index contributed by atoms with van der Waals surface area (Å²) < 4.78 is 15.6. The molecule has 3 aromatic rings. The fourth-order valence-corrected chi connectivity index (χ4v) is 4.03. The van der Waals surface area contributed by atoms with Crippen LogP contribution in [0.3, 0.4) is 0 Å². The molecule has 0 N–H and O–H groups in total. The summed E-state index contributed by atoms with van der Waals surface area (Å²) >= 11 is 0. The van der Waals surface area contributed by atoms with Gasteiger partial charge in [-0.05, 0) is 61.6 Å². The second-order valence-corrected chi connectivity index (χ2v) is 7.84. The van der Waals surface area contributed by atoms with Crippen LogP contribution in [0, 0.1) is 0 Å². The third-order valence-corrected chi connectivity index (χ3v) is 5.69. The lowest BCUT2D eigenvalue weighted by Gasteiger charge is -2.28. The van der Waals surface area contributed by atoms with E-state index in [1.807, 2.05) is 18.2 Å². The highest BCUT2D eigenvalue weighted by atomic mass is 19.1. The molecule has 150 valence electrons. The summed E-state index contributed by atoms with van der Waals surface area (Å²) in [6.07, 6.45) is 7.31. The van der Waals surface area contributed by atoms with Gasteiger partial charge in [0.2, 0.25) is 0 Å². The molecule has 0 unspecified atom stereocenters. The van der Waals surface area contributed by atoms with Crippen molar-refractivity contribution in [3.63, 3.8) is 0 Å². The van der Waals surface area contributed by atoms with E-state index >= 15 is 0 Å². The quantitative estimate of drug-likeness (QED) is 0.540. The van der Waals surface area contributed by atoms with Gasteiger partial charge >= 0.3 is 0 Å². The number of fused-ring (bicyclic) bond motifs is 1. The molecule has 0 atom stereocenters. The number of likely N-dealkylation sites (tertiary alicyclic amines) is 1. The molecule has 1 aromatic heterocycles. The molecule has 0 radical (unpaired) electrons. The van der Waals surface area contributed by atoms with E-state index in [1.54, 1.807) is 13.0 Å². The van der Waals surface area contributed by atoms with Gasteiger partial charge in [0, 0.05) is 36.9 Å². The van der Waals surface area contributed by atoms with E-state index in [0.29, 0.717) is 12.8 Å². The van der Waals surface area contributed by atoms with Crippen LogP contribution in [-0.4, -0.2) is 41.1 Å². The van der Waals surface area contributed by atoms with Crippen molar-refractivity contribution in [1.82, 2.24) is 9.47 Å².